The van der Waals surface area contributed by atoms with Crippen molar-refractivity contribution in [2.75, 3.05) is 14.1 Å². The molecule has 0 heterocycles. The van der Waals surface area contributed by atoms with Crippen molar-refractivity contribution in [3.05, 3.63) is 35.4 Å². The third kappa shape index (κ3) is 2.20. The molecule has 1 unspecified atom stereocenters. The molecule has 1 aromatic rings. The molecule has 0 aliphatic carbocycles. The second-order valence-electron chi connectivity index (χ2n) is 3.82. The Hall–Kier alpha value is -1.15. The van der Waals surface area contributed by atoms with Gasteiger partial charge in [-0.3, -0.25) is 9.69 Å². The summed E-state index contributed by atoms with van der Waals surface area (Å²) < 4.78 is 0. The predicted octanol–water partition coefficient (Wildman–Crippen LogP) is 2.13. The largest absolute Gasteiger partial charge is 0.300 e. The van der Waals surface area contributed by atoms with E-state index in [4.69, 9.17) is 0 Å². The highest BCUT2D eigenvalue weighted by Crippen LogP contribution is 2.11. The minimum atomic E-state index is -0.0592. The van der Waals surface area contributed by atoms with E-state index in [0.717, 1.165) is 11.1 Å². The van der Waals surface area contributed by atoms with Gasteiger partial charge in [0.05, 0.1) is 6.04 Å². The van der Waals surface area contributed by atoms with E-state index in [9.17, 15) is 4.79 Å². The molecule has 0 aromatic heterocycles. The highest BCUT2D eigenvalue weighted by molar-refractivity contribution is 6.00. The van der Waals surface area contributed by atoms with Crippen LogP contribution in [0.15, 0.2) is 24.3 Å². The molecule has 0 saturated carbocycles. The summed E-state index contributed by atoms with van der Waals surface area (Å²) in [6.07, 6.45) is 0. The van der Waals surface area contributed by atoms with E-state index in [2.05, 4.69) is 0 Å². The van der Waals surface area contributed by atoms with Crippen LogP contribution in [-0.2, 0) is 0 Å². The van der Waals surface area contributed by atoms with E-state index in [-0.39, 0.29) is 11.8 Å². The van der Waals surface area contributed by atoms with Gasteiger partial charge in [-0.05, 0) is 33.5 Å². The highest BCUT2D eigenvalue weighted by atomic mass is 16.1. The smallest absolute Gasteiger partial charge is 0.179 e. The van der Waals surface area contributed by atoms with Gasteiger partial charge >= 0.3 is 0 Å². The number of carbonyl (C=O) groups is 1. The molecular formula is C12H17NO. The molecule has 2 nitrogen and oxygen atoms in total. The van der Waals surface area contributed by atoms with Crippen LogP contribution in [0.5, 0.6) is 0 Å². The Morgan fingerprint density at radius 3 is 2.36 bits per heavy atom. The lowest BCUT2D eigenvalue weighted by Gasteiger charge is -2.19. The molecule has 0 saturated heterocycles. The fraction of sp³-hybridized carbons (Fsp3) is 0.417. The van der Waals surface area contributed by atoms with E-state index >= 15 is 0 Å². The average molecular weight is 191 g/mol. The Bertz CT molecular complexity index is 331. The summed E-state index contributed by atoms with van der Waals surface area (Å²) in [6.45, 7) is 3.89. The topological polar surface area (TPSA) is 20.3 Å². The average Bonchev–Trinajstić information content (AvgIpc) is 2.16. The summed E-state index contributed by atoms with van der Waals surface area (Å²) in [5.41, 5.74) is 1.87. The lowest BCUT2D eigenvalue weighted by atomic mass is 10.0. The van der Waals surface area contributed by atoms with Crippen LogP contribution in [0.2, 0.25) is 0 Å². The minimum Gasteiger partial charge on any atom is -0.300 e. The van der Waals surface area contributed by atoms with Gasteiger partial charge in [0.25, 0.3) is 0 Å². The summed E-state index contributed by atoms with van der Waals surface area (Å²) >= 11 is 0. The van der Waals surface area contributed by atoms with E-state index in [1.165, 1.54) is 0 Å². The van der Waals surface area contributed by atoms with Gasteiger partial charge in [0, 0.05) is 5.56 Å². The van der Waals surface area contributed by atoms with Crippen LogP contribution in [-0.4, -0.2) is 30.8 Å². The maximum atomic E-state index is 12.0. The first-order chi connectivity index (χ1) is 6.54. The Balaban J connectivity index is 2.95. The number of ketones is 1. The first kappa shape index (κ1) is 10.9. The van der Waals surface area contributed by atoms with Crippen LogP contribution in [0.3, 0.4) is 0 Å². The normalized spacial score (nSPS) is 12.9. The van der Waals surface area contributed by atoms with Crippen LogP contribution in [0.25, 0.3) is 0 Å². The number of nitrogens with zero attached hydrogens (tertiary/aromatic N) is 1. The second-order valence-corrected chi connectivity index (χ2v) is 3.82. The fourth-order valence-corrected chi connectivity index (χ4v) is 1.31. The molecule has 1 atom stereocenters. The molecule has 14 heavy (non-hydrogen) atoms. The number of rotatable bonds is 3. The molecule has 1 rings (SSSR count). The van der Waals surface area contributed by atoms with Crippen LogP contribution < -0.4 is 0 Å². The van der Waals surface area contributed by atoms with Crippen molar-refractivity contribution >= 4 is 5.78 Å². The van der Waals surface area contributed by atoms with Crippen LogP contribution in [0, 0.1) is 6.92 Å². The number of benzene rings is 1. The molecule has 0 N–H and O–H groups in total. The zero-order chi connectivity index (χ0) is 10.7. The zero-order valence-corrected chi connectivity index (χ0v) is 9.24. The first-order valence-corrected chi connectivity index (χ1v) is 4.80. The van der Waals surface area contributed by atoms with Crippen LogP contribution >= 0.6 is 0 Å². The number of aryl methyl sites for hydroxylation is 1. The summed E-state index contributed by atoms with van der Waals surface area (Å²) in [4.78, 5) is 13.9. The third-order valence-corrected chi connectivity index (χ3v) is 2.56. The van der Waals surface area contributed by atoms with Crippen molar-refractivity contribution in [1.82, 2.24) is 4.90 Å². The van der Waals surface area contributed by atoms with Crippen LogP contribution in [0.4, 0.5) is 0 Å². The number of likely N-dealkylation sites (N-methyl/N-ethyl adjacent to an activating group) is 1. The van der Waals surface area contributed by atoms with E-state index in [0.29, 0.717) is 0 Å². The molecule has 0 spiro atoms. The molecule has 2 heteroatoms. The summed E-state index contributed by atoms with van der Waals surface area (Å²) in [7, 11) is 3.84. The van der Waals surface area contributed by atoms with Crippen molar-refractivity contribution in [3.8, 4) is 0 Å². The van der Waals surface area contributed by atoms with Gasteiger partial charge in [-0.2, -0.15) is 0 Å². The molecule has 76 valence electrons. The van der Waals surface area contributed by atoms with Crippen molar-refractivity contribution in [2.45, 2.75) is 19.9 Å². The number of carbonyl (C=O) groups excluding carboxylic acids is 1. The second kappa shape index (κ2) is 4.38. The Morgan fingerprint density at radius 2 is 1.86 bits per heavy atom. The van der Waals surface area contributed by atoms with E-state index in [1.54, 1.807) is 0 Å². The van der Waals surface area contributed by atoms with E-state index in [1.807, 2.05) is 57.1 Å². The van der Waals surface area contributed by atoms with Crippen molar-refractivity contribution in [1.29, 1.82) is 0 Å². The van der Waals surface area contributed by atoms with Crippen LogP contribution in [0.1, 0.15) is 22.8 Å². The van der Waals surface area contributed by atoms with Gasteiger partial charge in [0.2, 0.25) is 0 Å². The molecule has 0 aliphatic rings. The maximum Gasteiger partial charge on any atom is 0.179 e. The van der Waals surface area contributed by atoms with Gasteiger partial charge in [-0.1, -0.05) is 24.3 Å². The SMILES string of the molecule is Cc1ccccc1C(=O)C(C)N(C)C. The highest BCUT2D eigenvalue weighted by Gasteiger charge is 2.17. The zero-order valence-electron chi connectivity index (χ0n) is 9.24. The lowest BCUT2D eigenvalue weighted by Crippen LogP contribution is -2.33. The quantitative estimate of drug-likeness (QED) is 0.682. The Labute approximate surface area is 85.5 Å². The molecule has 0 amide bonds. The molecule has 0 bridgehead atoms. The Morgan fingerprint density at radius 1 is 1.29 bits per heavy atom. The first-order valence-electron chi connectivity index (χ1n) is 4.80. The predicted molar refractivity (Wildman–Crippen MR) is 58.7 cm³/mol. The summed E-state index contributed by atoms with van der Waals surface area (Å²) in [6, 6.07) is 7.65. The van der Waals surface area contributed by atoms with Gasteiger partial charge in [0.15, 0.2) is 5.78 Å². The molecule has 0 fully saturated rings. The summed E-state index contributed by atoms with van der Waals surface area (Å²) in [5, 5.41) is 0. The number of Topliss-reactive ketones (excluding diaryl/α,β-unsaturated/α-hetero) is 1. The molecule has 0 aliphatic heterocycles. The fourth-order valence-electron chi connectivity index (χ4n) is 1.31. The third-order valence-electron chi connectivity index (χ3n) is 2.56. The van der Waals surface area contributed by atoms with Crippen molar-refractivity contribution in [2.24, 2.45) is 0 Å². The lowest BCUT2D eigenvalue weighted by molar-refractivity contribution is 0.0890. The summed E-state index contributed by atoms with van der Waals surface area (Å²) in [5.74, 6) is 0.188. The molecule has 1 aromatic carbocycles. The van der Waals surface area contributed by atoms with Gasteiger partial charge in [0.1, 0.15) is 0 Å². The van der Waals surface area contributed by atoms with Gasteiger partial charge < -0.3 is 0 Å². The minimum absolute atomic E-state index is 0.0592. The molecular weight excluding hydrogens is 174 g/mol. The van der Waals surface area contributed by atoms with Crippen molar-refractivity contribution in [3.63, 3.8) is 0 Å². The Kier molecular flexibility index (Phi) is 3.42. The monoisotopic (exact) mass is 191 g/mol. The number of hydrogen-bond acceptors (Lipinski definition) is 2. The van der Waals surface area contributed by atoms with Gasteiger partial charge in [-0.15, -0.1) is 0 Å². The van der Waals surface area contributed by atoms with E-state index < -0.39 is 0 Å². The molecule has 0 radical (unpaired) electrons. The maximum absolute atomic E-state index is 12.0. The standard InChI is InChI=1S/C12H17NO/c1-9-7-5-6-8-11(9)12(14)10(2)13(3)4/h5-8,10H,1-4H3. The number of hydrogen-bond donors (Lipinski definition) is 0. The van der Waals surface area contributed by atoms with Gasteiger partial charge in [-0.25, -0.2) is 0 Å². The van der Waals surface area contributed by atoms with Crippen molar-refractivity contribution < 1.29 is 4.79 Å².